The second-order valence-corrected chi connectivity index (χ2v) is 4.14. The van der Waals surface area contributed by atoms with Crippen molar-refractivity contribution in [3.8, 4) is 11.1 Å². The van der Waals surface area contributed by atoms with Crippen LogP contribution in [-0.4, -0.2) is 16.2 Å². The first-order valence-electron chi connectivity index (χ1n) is 5.66. The maximum Gasteiger partial charge on any atom is 0.335 e. The normalized spacial score (nSPS) is 10.3. The fourth-order valence-electron chi connectivity index (χ4n) is 1.97. The molecule has 18 heavy (non-hydrogen) atoms. The van der Waals surface area contributed by atoms with Gasteiger partial charge in [0.25, 0.3) is 0 Å². The number of benzene rings is 2. The maximum atomic E-state index is 11.1. The molecule has 0 radical (unpaired) electrons. The number of aliphatic hydroxyl groups is 1. The standard InChI is InChI=1S/C15H14O3/c1-10-13(3-2-4-14(10)15(17)18)12-7-5-11(9-16)6-8-12/h2-8,16H,9H2,1H3,(H,17,18). The number of carboxylic acids is 1. The van der Waals surface area contributed by atoms with Gasteiger partial charge in [0.1, 0.15) is 0 Å². The minimum atomic E-state index is -0.915. The highest BCUT2D eigenvalue weighted by molar-refractivity contribution is 5.92. The third-order valence-electron chi connectivity index (χ3n) is 3.01. The molecule has 0 heterocycles. The third kappa shape index (κ3) is 2.26. The predicted octanol–water partition coefficient (Wildman–Crippen LogP) is 2.85. The summed E-state index contributed by atoms with van der Waals surface area (Å²) in [6.07, 6.45) is 0. The van der Waals surface area contributed by atoms with Crippen molar-refractivity contribution in [1.82, 2.24) is 0 Å². The molecule has 0 unspecified atom stereocenters. The van der Waals surface area contributed by atoms with E-state index in [4.69, 9.17) is 10.2 Å². The molecule has 0 aliphatic heterocycles. The Labute approximate surface area is 105 Å². The number of aromatic carboxylic acids is 1. The Morgan fingerprint density at radius 3 is 2.33 bits per heavy atom. The van der Waals surface area contributed by atoms with E-state index < -0.39 is 5.97 Å². The minimum absolute atomic E-state index is 0.00836. The van der Waals surface area contributed by atoms with Crippen LogP contribution in [0.1, 0.15) is 21.5 Å². The molecule has 0 amide bonds. The smallest absolute Gasteiger partial charge is 0.335 e. The van der Waals surface area contributed by atoms with Gasteiger partial charge in [0.15, 0.2) is 0 Å². The second-order valence-electron chi connectivity index (χ2n) is 4.14. The molecule has 0 bridgehead atoms. The topological polar surface area (TPSA) is 57.5 Å². The molecule has 0 saturated carbocycles. The number of rotatable bonds is 3. The SMILES string of the molecule is Cc1c(C(=O)O)cccc1-c1ccc(CO)cc1. The molecule has 92 valence electrons. The Kier molecular flexibility index (Phi) is 3.44. The lowest BCUT2D eigenvalue weighted by molar-refractivity contribution is 0.0696. The fraction of sp³-hybridized carbons (Fsp3) is 0.133. The van der Waals surface area contributed by atoms with Crippen LogP contribution in [0.25, 0.3) is 11.1 Å². The van der Waals surface area contributed by atoms with Gasteiger partial charge in [-0.05, 0) is 35.2 Å². The molecular weight excluding hydrogens is 228 g/mol. The Morgan fingerprint density at radius 1 is 1.11 bits per heavy atom. The zero-order valence-corrected chi connectivity index (χ0v) is 10.1. The van der Waals surface area contributed by atoms with Crippen LogP contribution < -0.4 is 0 Å². The van der Waals surface area contributed by atoms with E-state index in [9.17, 15) is 4.79 Å². The lowest BCUT2D eigenvalue weighted by Crippen LogP contribution is -2.00. The van der Waals surface area contributed by atoms with Crippen LogP contribution in [-0.2, 0) is 6.61 Å². The molecular formula is C15H14O3. The summed E-state index contributed by atoms with van der Waals surface area (Å²) in [6, 6.07) is 12.7. The summed E-state index contributed by atoms with van der Waals surface area (Å²) < 4.78 is 0. The van der Waals surface area contributed by atoms with E-state index in [1.54, 1.807) is 19.1 Å². The summed E-state index contributed by atoms with van der Waals surface area (Å²) in [6.45, 7) is 1.81. The quantitative estimate of drug-likeness (QED) is 0.870. The highest BCUT2D eigenvalue weighted by atomic mass is 16.4. The van der Waals surface area contributed by atoms with Crippen LogP contribution in [0.2, 0.25) is 0 Å². The molecule has 0 saturated heterocycles. The third-order valence-corrected chi connectivity index (χ3v) is 3.01. The van der Waals surface area contributed by atoms with Gasteiger partial charge in [-0.3, -0.25) is 0 Å². The van der Waals surface area contributed by atoms with Crippen molar-refractivity contribution in [2.45, 2.75) is 13.5 Å². The van der Waals surface area contributed by atoms with Gasteiger partial charge in [-0.25, -0.2) is 4.79 Å². The number of carbonyl (C=O) groups is 1. The molecule has 3 heteroatoms. The average molecular weight is 242 g/mol. The molecule has 0 aliphatic carbocycles. The Bertz CT molecular complexity index is 571. The monoisotopic (exact) mass is 242 g/mol. The van der Waals surface area contributed by atoms with Crippen molar-refractivity contribution in [3.63, 3.8) is 0 Å². The summed E-state index contributed by atoms with van der Waals surface area (Å²) in [5.74, 6) is -0.915. The molecule has 0 atom stereocenters. The maximum absolute atomic E-state index is 11.1. The van der Waals surface area contributed by atoms with Crippen LogP contribution in [0, 0.1) is 6.92 Å². The summed E-state index contributed by atoms with van der Waals surface area (Å²) >= 11 is 0. The van der Waals surface area contributed by atoms with E-state index in [1.165, 1.54) is 0 Å². The van der Waals surface area contributed by atoms with Crippen LogP contribution in [0.15, 0.2) is 42.5 Å². The molecule has 2 N–H and O–H groups in total. The van der Waals surface area contributed by atoms with E-state index in [2.05, 4.69) is 0 Å². The van der Waals surface area contributed by atoms with Crippen molar-refractivity contribution in [3.05, 3.63) is 59.2 Å². The Morgan fingerprint density at radius 2 is 1.78 bits per heavy atom. The van der Waals surface area contributed by atoms with Crippen molar-refractivity contribution in [2.24, 2.45) is 0 Å². The molecule has 2 aromatic rings. The largest absolute Gasteiger partial charge is 0.478 e. The van der Waals surface area contributed by atoms with Gasteiger partial charge in [0.2, 0.25) is 0 Å². The van der Waals surface area contributed by atoms with Gasteiger partial charge in [-0.1, -0.05) is 36.4 Å². The van der Waals surface area contributed by atoms with Gasteiger partial charge in [0, 0.05) is 0 Å². The van der Waals surface area contributed by atoms with Crippen LogP contribution in [0.5, 0.6) is 0 Å². The first-order valence-corrected chi connectivity index (χ1v) is 5.66. The van der Waals surface area contributed by atoms with Crippen molar-refractivity contribution in [2.75, 3.05) is 0 Å². The number of hydrogen-bond donors (Lipinski definition) is 2. The first-order chi connectivity index (χ1) is 8.63. The number of carboxylic acid groups (broad SMARTS) is 1. The van der Waals surface area contributed by atoms with Crippen molar-refractivity contribution >= 4 is 5.97 Å². The number of hydrogen-bond acceptors (Lipinski definition) is 2. The summed E-state index contributed by atoms with van der Waals surface area (Å²) in [5.41, 5.74) is 3.76. The molecule has 0 spiro atoms. The molecule has 0 fully saturated rings. The molecule has 0 aliphatic rings. The van der Waals surface area contributed by atoms with Crippen LogP contribution >= 0.6 is 0 Å². The van der Waals surface area contributed by atoms with E-state index in [0.29, 0.717) is 5.56 Å². The predicted molar refractivity (Wildman–Crippen MR) is 69.5 cm³/mol. The minimum Gasteiger partial charge on any atom is -0.478 e. The lowest BCUT2D eigenvalue weighted by Gasteiger charge is -2.09. The summed E-state index contributed by atoms with van der Waals surface area (Å²) in [5, 5.41) is 18.1. The zero-order chi connectivity index (χ0) is 13.1. The van der Waals surface area contributed by atoms with Gasteiger partial charge in [-0.2, -0.15) is 0 Å². The van der Waals surface area contributed by atoms with Crippen LogP contribution in [0.4, 0.5) is 0 Å². The summed E-state index contributed by atoms with van der Waals surface area (Å²) in [4.78, 5) is 11.1. The van der Waals surface area contributed by atoms with Crippen molar-refractivity contribution in [1.29, 1.82) is 0 Å². The fourth-order valence-corrected chi connectivity index (χ4v) is 1.97. The van der Waals surface area contributed by atoms with Crippen molar-refractivity contribution < 1.29 is 15.0 Å². The van der Waals surface area contributed by atoms with Gasteiger partial charge in [-0.15, -0.1) is 0 Å². The Hall–Kier alpha value is -2.13. The molecule has 2 rings (SSSR count). The molecule has 2 aromatic carbocycles. The molecule has 3 nitrogen and oxygen atoms in total. The van der Waals surface area contributed by atoms with E-state index in [-0.39, 0.29) is 6.61 Å². The highest BCUT2D eigenvalue weighted by Crippen LogP contribution is 2.26. The number of aliphatic hydroxyl groups excluding tert-OH is 1. The Balaban J connectivity index is 2.50. The lowest BCUT2D eigenvalue weighted by atomic mass is 9.96. The van der Waals surface area contributed by atoms with Gasteiger partial charge < -0.3 is 10.2 Å². The van der Waals surface area contributed by atoms with E-state index in [1.807, 2.05) is 30.3 Å². The van der Waals surface area contributed by atoms with E-state index >= 15 is 0 Å². The van der Waals surface area contributed by atoms with Gasteiger partial charge in [0.05, 0.1) is 12.2 Å². The zero-order valence-electron chi connectivity index (χ0n) is 10.1. The molecule has 0 aromatic heterocycles. The second kappa shape index (κ2) is 5.02. The highest BCUT2D eigenvalue weighted by Gasteiger charge is 2.10. The summed E-state index contributed by atoms with van der Waals surface area (Å²) in [7, 11) is 0. The van der Waals surface area contributed by atoms with Gasteiger partial charge >= 0.3 is 5.97 Å². The average Bonchev–Trinajstić information content (AvgIpc) is 2.39. The van der Waals surface area contributed by atoms with E-state index in [0.717, 1.165) is 22.3 Å². The first kappa shape index (κ1) is 12.3. The van der Waals surface area contributed by atoms with Crippen LogP contribution in [0.3, 0.4) is 0 Å².